The van der Waals surface area contributed by atoms with Crippen molar-refractivity contribution in [3.8, 4) is 0 Å². The molecule has 0 spiro atoms. The van der Waals surface area contributed by atoms with Crippen LogP contribution in [0.25, 0.3) is 0 Å². The van der Waals surface area contributed by atoms with Gasteiger partial charge in [0.2, 0.25) is 0 Å². The Morgan fingerprint density at radius 3 is 2.46 bits per heavy atom. The summed E-state index contributed by atoms with van der Waals surface area (Å²) in [6.45, 7) is 0.110. The zero-order valence-corrected chi connectivity index (χ0v) is 16.0. The third-order valence-corrected chi connectivity index (χ3v) is 5.44. The first-order valence-corrected chi connectivity index (χ1v) is 10.0. The maximum absolute atomic E-state index is 13.0. The van der Waals surface area contributed by atoms with E-state index in [0.717, 1.165) is 29.8 Å². The van der Waals surface area contributed by atoms with E-state index in [4.69, 9.17) is 11.6 Å². The molecule has 1 N–H and O–H groups in total. The Morgan fingerprint density at radius 1 is 1.04 bits per heavy atom. The Bertz CT molecular complexity index is 1120. The second kappa shape index (κ2) is 8.41. The van der Waals surface area contributed by atoms with Crippen LogP contribution in [0.2, 0.25) is 5.02 Å². The smallest absolute Gasteiger partial charge is 0.261 e. The van der Waals surface area contributed by atoms with Gasteiger partial charge in [0.1, 0.15) is 5.82 Å². The summed E-state index contributed by atoms with van der Waals surface area (Å²) in [5.41, 5.74) is 0.951. The highest BCUT2D eigenvalue weighted by Crippen LogP contribution is 2.21. The summed E-state index contributed by atoms with van der Waals surface area (Å²) >= 11 is 5.92. The van der Waals surface area contributed by atoms with Crippen molar-refractivity contribution in [3.05, 3.63) is 94.8 Å². The van der Waals surface area contributed by atoms with Gasteiger partial charge >= 0.3 is 0 Å². The molecule has 5 nitrogen and oxygen atoms in total. The van der Waals surface area contributed by atoms with Gasteiger partial charge in [-0.25, -0.2) is 12.8 Å². The molecule has 0 amide bonds. The lowest BCUT2D eigenvalue weighted by molar-refractivity contribution is -0.213. The van der Waals surface area contributed by atoms with Gasteiger partial charge in [0, 0.05) is 10.6 Å². The van der Waals surface area contributed by atoms with Gasteiger partial charge < -0.3 is 5.11 Å². The van der Waals surface area contributed by atoms with Gasteiger partial charge in [-0.3, -0.25) is 9.71 Å². The zero-order chi connectivity index (χ0) is 20.1. The Kier molecular flexibility index (Phi) is 5.96. The van der Waals surface area contributed by atoms with E-state index < -0.39 is 21.7 Å². The van der Waals surface area contributed by atoms with E-state index >= 15 is 0 Å². The molecular weight excluding hydrogens is 403 g/mol. The lowest BCUT2D eigenvalue weighted by Gasteiger charge is -2.17. The van der Waals surface area contributed by atoms with Gasteiger partial charge in [-0.1, -0.05) is 41.9 Å². The van der Waals surface area contributed by atoms with Crippen molar-refractivity contribution in [2.24, 2.45) is 4.99 Å². The summed E-state index contributed by atoms with van der Waals surface area (Å²) in [6.07, 6.45) is 0. The first-order valence-electron chi connectivity index (χ1n) is 8.19. The molecule has 0 unspecified atom stereocenters. The first-order chi connectivity index (χ1) is 13.3. The molecular formula is C20H15ClFN2O3S-. The summed E-state index contributed by atoms with van der Waals surface area (Å²) in [7, 11) is -3.99. The molecule has 0 radical (unpaired) electrons. The fourth-order valence-electron chi connectivity index (χ4n) is 2.46. The number of anilines is 1. The highest BCUT2D eigenvalue weighted by molar-refractivity contribution is 7.92. The quantitative estimate of drug-likeness (QED) is 0.491. The van der Waals surface area contributed by atoms with E-state index in [-0.39, 0.29) is 22.7 Å². The minimum atomic E-state index is -3.99. The van der Waals surface area contributed by atoms with Crippen molar-refractivity contribution in [1.82, 2.24) is 0 Å². The minimum Gasteiger partial charge on any atom is -0.858 e. The van der Waals surface area contributed by atoms with Crippen molar-refractivity contribution < 1.29 is 17.9 Å². The van der Waals surface area contributed by atoms with Crippen molar-refractivity contribution in [2.45, 2.75) is 11.4 Å². The normalized spacial score (nSPS) is 12.0. The number of rotatable bonds is 6. The molecule has 0 atom stereocenters. The molecule has 8 heteroatoms. The fourth-order valence-corrected chi connectivity index (χ4v) is 3.75. The van der Waals surface area contributed by atoms with Crippen LogP contribution in [0.1, 0.15) is 11.1 Å². The Hall–Kier alpha value is -2.90. The molecule has 3 aromatic carbocycles. The maximum atomic E-state index is 13.0. The van der Waals surface area contributed by atoms with Crippen LogP contribution in [0.5, 0.6) is 0 Å². The first kappa shape index (κ1) is 19.9. The van der Waals surface area contributed by atoms with E-state index in [1.165, 1.54) is 12.1 Å². The molecule has 0 heterocycles. The molecule has 0 aliphatic carbocycles. The van der Waals surface area contributed by atoms with Crippen LogP contribution in [0.4, 0.5) is 10.1 Å². The van der Waals surface area contributed by atoms with Crippen molar-refractivity contribution >= 4 is 33.2 Å². The number of para-hydroxylation sites is 1. The summed E-state index contributed by atoms with van der Waals surface area (Å²) < 4.78 is 40.4. The van der Waals surface area contributed by atoms with Crippen molar-refractivity contribution in [1.29, 1.82) is 0 Å². The Balaban J connectivity index is 1.86. The monoisotopic (exact) mass is 417 g/mol. The second-order valence-corrected chi connectivity index (χ2v) is 7.98. The molecule has 144 valence electrons. The maximum Gasteiger partial charge on any atom is 0.261 e. The number of halogens is 2. The molecule has 28 heavy (non-hydrogen) atoms. The van der Waals surface area contributed by atoms with E-state index in [0.29, 0.717) is 5.02 Å². The third-order valence-electron chi connectivity index (χ3n) is 3.82. The highest BCUT2D eigenvalue weighted by atomic mass is 35.5. The van der Waals surface area contributed by atoms with Crippen LogP contribution in [-0.2, 0) is 16.6 Å². The van der Waals surface area contributed by atoms with Crippen molar-refractivity contribution in [3.63, 3.8) is 0 Å². The summed E-state index contributed by atoms with van der Waals surface area (Å²) in [4.78, 5) is 3.88. The van der Waals surface area contributed by atoms with Gasteiger partial charge in [-0.05, 0) is 53.9 Å². The number of nitrogens with zero attached hydrogens (tertiary/aromatic N) is 1. The molecule has 0 fully saturated rings. The lowest BCUT2D eigenvalue weighted by Crippen LogP contribution is -2.22. The summed E-state index contributed by atoms with van der Waals surface area (Å²) in [6, 6.07) is 17.5. The fraction of sp³-hybridized carbons (Fsp3) is 0.0500. The SMILES string of the molecule is O=S(=O)(Nc1ccccc1C([O-])=NCc1cccc(Cl)c1)c1ccc(F)cc1. The third kappa shape index (κ3) is 4.88. The summed E-state index contributed by atoms with van der Waals surface area (Å²) in [5, 5.41) is 13.0. The number of aliphatic imine (C=N–C) groups is 1. The number of benzene rings is 3. The standard InChI is InChI=1S/C20H16ClFN2O3S/c21-15-5-3-4-14(12-15)13-23-20(25)18-6-1-2-7-19(18)24-28(26,27)17-10-8-16(22)9-11-17/h1-12,24H,13H2,(H,23,25)/p-1. The van der Waals surface area contributed by atoms with Gasteiger partial charge in [-0.15, -0.1) is 0 Å². The largest absolute Gasteiger partial charge is 0.858 e. The molecule has 0 aliphatic rings. The highest BCUT2D eigenvalue weighted by Gasteiger charge is 2.16. The second-order valence-electron chi connectivity index (χ2n) is 5.86. The summed E-state index contributed by atoms with van der Waals surface area (Å²) in [5.74, 6) is -1.12. The molecule has 0 aromatic heterocycles. The Morgan fingerprint density at radius 2 is 1.75 bits per heavy atom. The number of nitrogens with one attached hydrogen (secondary N) is 1. The van der Waals surface area contributed by atoms with Crippen LogP contribution in [-0.4, -0.2) is 14.3 Å². The number of hydrogen-bond acceptors (Lipinski definition) is 4. The average Bonchev–Trinajstić information content (AvgIpc) is 2.67. The van der Waals surface area contributed by atoms with Crippen LogP contribution >= 0.6 is 11.6 Å². The van der Waals surface area contributed by atoms with Crippen LogP contribution < -0.4 is 9.83 Å². The van der Waals surface area contributed by atoms with Gasteiger partial charge in [0.05, 0.1) is 17.1 Å². The van der Waals surface area contributed by atoms with Crippen molar-refractivity contribution in [2.75, 3.05) is 4.72 Å². The van der Waals surface area contributed by atoms with Gasteiger partial charge in [-0.2, -0.15) is 0 Å². The van der Waals surface area contributed by atoms with Crippen LogP contribution in [0.3, 0.4) is 0 Å². The predicted octanol–water partition coefficient (Wildman–Crippen LogP) is 3.59. The van der Waals surface area contributed by atoms with E-state index in [1.54, 1.807) is 36.4 Å². The van der Waals surface area contributed by atoms with E-state index in [9.17, 15) is 17.9 Å². The molecule has 0 saturated heterocycles. The Labute approximate surface area is 167 Å². The predicted molar refractivity (Wildman–Crippen MR) is 105 cm³/mol. The molecule has 0 aliphatic heterocycles. The molecule has 0 saturated carbocycles. The van der Waals surface area contributed by atoms with Crippen LogP contribution in [0.15, 0.2) is 82.7 Å². The topological polar surface area (TPSA) is 81.6 Å². The van der Waals surface area contributed by atoms with Gasteiger partial charge in [0.15, 0.2) is 0 Å². The van der Waals surface area contributed by atoms with Crippen LogP contribution in [0, 0.1) is 5.82 Å². The zero-order valence-electron chi connectivity index (χ0n) is 14.5. The lowest BCUT2D eigenvalue weighted by atomic mass is 10.2. The van der Waals surface area contributed by atoms with E-state index in [2.05, 4.69) is 9.71 Å². The van der Waals surface area contributed by atoms with E-state index in [1.807, 2.05) is 0 Å². The average molecular weight is 418 g/mol. The molecule has 0 bridgehead atoms. The minimum absolute atomic E-state index is 0.0895. The molecule has 3 aromatic rings. The number of hydrogen-bond donors (Lipinski definition) is 1. The van der Waals surface area contributed by atoms with Gasteiger partial charge in [0.25, 0.3) is 10.0 Å². The number of sulfonamides is 1. The molecule has 3 rings (SSSR count).